The molecule has 0 saturated carbocycles. The van der Waals surface area contributed by atoms with Gasteiger partial charge in [0.15, 0.2) is 0 Å². The van der Waals surface area contributed by atoms with Crippen LogP contribution >= 0.6 is 0 Å². The van der Waals surface area contributed by atoms with E-state index in [2.05, 4.69) is 19.7 Å². The first-order chi connectivity index (χ1) is 9.32. The van der Waals surface area contributed by atoms with Crippen LogP contribution in [0.25, 0.3) is 0 Å². The molecule has 20 heavy (non-hydrogen) atoms. The lowest BCUT2D eigenvalue weighted by atomic mass is 10.4. The third-order valence-electron chi connectivity index (χ3n) is 1.64. The highest BCUT2D eigenvalue weighted by Gasteiger charge is 2.01. The number of hydrogen-bond acceptors (Lipinski definition) is 5. The Morgan fingerprint density at radius 3 is 1.95 bits per heavy atom. The van der Waals surface area contributed by atoms with Crippen molar-refractivity contribution in [3.63, 3.8) is 0 Å². The van der Waals surface area contributed by atoms with Gasteiger partial charge in [-0.1, -0.05) is 19.7 Å². The van der Waals surface area contributed by atoms with E-state index in [0.29, 0.717) is 25.4 Å². The fraction of sp³-hybridized carbons (Fsp3) is 0.429. The number of carbonyl (C=O) groups excluding carboxylic acids is 1. The fourth-order valence-electron chi connectivity index (χ4n) is 0.609. The number of rotatable bonds is 9. The van der Waals surface area contributed by atoms with Crippen LogP contribution < -0.4 is 0 Å². The number of hydrogen-bond donors (Lipinski definition) is 1. The molecule has 0 spiro atoms. The molecular formula is C14H22O6. The van der Waals surface area contributed by atoms with Gasteiger partial charge in [0.1, 0.15) is 13.2 Å². The summed E-state index contributed by atoms with van der Waals surface area (Å²) >= 11 is 0. The van der Waals surface area contributed by atoms with Crippen molar-refractivity contribution in [2.45, 2.75) is 13.8 Å². The molecule has 6 heteroatoms. The second-order valence-corrected chi connectivity index (χ2v) is 3.65. The number of carbonyl (C=O) groups is 2. The average molecular weight is 286 g/mol. The van der Waals surface area contributed by atoms with Gasteiger partial charge in [0, 0.05) is 11.1 Å². The van der Waals surface area contributed by atoms with E-state index in [0.717, 1.165) is 0 Å². The molecule has 0 aliphatic heterocycles. The molecule has 0 rings (SSSR count). The van der Waals surface area contributed by atoms with Gasteiger partial charge in [-0.3, -0.25) is 0 Å². The highest BCUT2D eigenvalue weighted by molar-refractivity contribution is 5.86. The van der Waals surface area contributed by atoms with Gasteiger partial charge < -0.3 is 19.3 Å². The number of carboxylic acids is 1. The summed E-state index contributed by atoms with van der Waals surface area (Å²) in [4.78, 5) is 20.5. The van der Waals surface area contributed by atoms with Crippen molar-refractivity contribution < 1.29 is 28.9 Å². The Balaban J connectivity index is 0. The van der Waals surface area contributed by atoms with E-state index in [1.807, 2.05) is 0 Å². The van der Waals surface area contributed by atoms with Gasteiger partial charge in [-0.25, -0.2) is 9.59 Å². The molecule has 0 fully saturated rings. The van der Waals surface area contributed by atoms with Crippen LogP contribution in [-0.2, 0) is 23.8 Å². The van der Waals surface area contributed by atoms with Crippen molar-refractivity contribution in [1.29, 1.82) is 0 Å². The van der Waals surface area contributed by atoms with Crippen LogP contribution in [0.1, 0.15) is 13.8 Å². The maximum Gasteiger partial charge on any atom is 0.333 e. The normalized spacial score (nSPS) is 8.70. The summed E-state index contributed by atoms with van der Waals surface area (Å²) in [6.07, 6.45) is 1.35. The van der Waals surface area contributed by atoms with E-state index in [1.165, 1.54) is 13.2 Å². The first-order valence-electron chi connectivity index (χ1n) is 5.84. The van der Waals surface area contributed by atoms with E-state index in [1.54, 1.807) is 6.92 Å². The Morgan fingerprint density at radius 1 is 1.05 bits per heavy atom. The maximum absolute atomic E-state index is 10.9. The van der Waals surface area contributed by atoms with Crippen molar-refractivity contribution in [1.82, 2.24) is 0 Å². The quantitative estimate of drug-likeness (QED) is 0.302. The van der Waals surface area contributed by atoms with Gasteiger partial charge in [-0.15, -0.1) is 0 Å². The molecule has 0 radical (unpaired) electrons. The number of ether oxygens (including phenoxy) is 3. The minimum absolute atomic E-state index is 0.176. The Kier molecular flexibility index (Phi) is 13.5. The van der Waals surface area contributed by atoms with Crippen molar-refractivity contribution in [3.8, 4) is 0 Å². The van der Waals surface area contributed by atoms with Gasteiger partial charge in [-0.2, -0.15) is 0 Å². The fourth-order valence-corrected chi connectivity index (χ4v) is 0.609. The number of carboxylic acid groups (broad SMARTS) is 1. The molecule has 0 saturated heterocycles. The smallest absolute Gasteiger partial charge is 0.333 e. The number of esters is 1. The molecule has 1 N–H and O–H groups in total. The Bertz CT molecular complexity index is 334. The molecule has 114 valence electrons. The van der Waals surface area contributed by atoms with Crippen LogP contribution in [-0.4, -0.2) is 43.5 Å². The zero-order valence-corrected chi connectivity index (χ0v) is 12.0. The molecular weight excluding hydrogens is 264 g/mol. The second kappa shape index (κ2) is 13.4. The standard InChI is InChI=1S/C10H16O4.C4H6O2/c1-4-12-5-6-13-7-8-14-10(11)9(2)3;1-3(2)4(5)6/h4H,1-2,5-8H2,3H3;1H2,2H3,(H,5,6). The zero-order valence-electron chi connectivity index (χ0n) is 12.0. The third kappa shape index (κ3) is 15.9. The molecule has 0 aromatic carbocycles. The minimum Gasteiger partial charge on any atom is -0.499 e. The molecule has 0 aliphatic carbocycles. The lowest BCUT2D eigenvalue weighted by Gasteiger charge is -2.05. The molecule has 0 atom stereocenters. The lowest BCUT2D eigenvalue weighted by Crippen LogP contribution is -2.12. The second-order valence-electron chi connectivity index (χ2n) is 3.65. The molecule has 0 bridgehead atoms. The van der Waals surface area contributed by atoms with Crippen molar-refractivity contribution >= 4 is 11.9 Å². The highest BCUT2D eigenvalue weighted by atomic mass is 16.6. The summed E-state index contributed by atoms with van der Waals surface area (Å²) < 4.78 is 14.7. The molecule has 6 nitrogen and oxygen atoms in total. The first-order valence-corrected chi connectivity index (χ1v) is 5.84. The van der Waals surface area contributed by atoms with Crippen LogP contribution in [0.4, 0.5) is 0 Å². The largest absolute Gasteiger partial charge is 0.499 e. The van der Waals surface area contributed by atoms with E-state index in [9.17, 15) is 9.59 Å². The Morgan fingerprint density at radius 2 is 1.55 bits per heavy atom. The van der Waals surface area contributed by atoms with Gasteiger partial charge in [-0.05, 0) is 13.8 Å². The molecule has 0 aromatic rings. The van der Waals surface area contributed by atoms with Crippen molar-refractivity contribution in [2.75, 3.05) is 26.4 Å². The van der Waals surface area contributed by atoms with Gasteiger partial charge in [0.2, 0.25) is 0 Å². The van der Waals surface area contributed by atoms with E-state index >= 15 is 0 Å². The monoisotopic (exact) mass is 286 g/mol. The van der Waals surface area contributed by atoms with Crippen LogP contribution in [0.2, 0.25) is 0 Å². The lowest BCUT2D eigenvalue weighted by molar-refractivity contribution is -0.140. The SMILES string of the molecule is C=C(C)C(=O)O.C=COCCOCCOC(=O)C(=C)C. The molecule has 0 amide bonds. The molecule has 0 aromatic heterocycles. The van der Waals surface area contributed by atoms with Crippen LogP contribution in [0.5, 0.6) is 0 Å². The molecule has 0 heterocycles. The van der Waals surface area contributed by atoms with Crippen molar-refractivity contribution in [3.05, 3.63) is 37.1 Å². The Labute approximate surface area is 119 Å². The summed E-state index contributed by atoms with van der Waals surface area (Å²) in [5, 5.41) is 7.89. The van der Waals surface area contributed by atoms with Gasteiger partial charge >= 0.3 is 11.9 Å². The predicted octanol–water partition coefficient (Wildman–Crippen LogP) is 1.93. The summed E-state index contributed by atoms with van der Waals surface area (Å²) in [5.41, 5.74) is 0.565. The van der Waals surface area contributed by atoms with Gasteiger partial charge in [0.25, 0.3) is 0 Å². The van der Waals surface area contributed by atoms with Crippen LogP contribution in [0.3, 0.4) is 0 Å². The zero-order chi connectivity index (χ0) is 16.0. The van der Waals surface area contributed by atoms with Crippen LogP contribution in [0.15, 0.2) is 37.1 Å². The predicted molar refractivity (Wildman–Crippen MR) is 75.2 cm³/mol. The van der Waals surface area contributed by atoms with E-state index in [4.69, 9.17) is 19.3 Å². The van der Waals surface area contributed by atoms with Crippen molar-refractivity contribution in [2.24, 2.45) is 0 Å². The number of aliphatic carboxylic acids is 1. The molecule has 0 aliphatic rings. The van der Waals surface area contributed by atoms with Gasteiger partial charge in [0.05, 0.1) is 19.5 Å². The summed E-state index contributed by atoms with van der Waals surface area (Å²) in [5.74, 6) is -1.33. The summed E-state index contributed by atoms with van der Waals surface area (Å²) in [7, 11) is 0. The topological polar surface area (TPSA) is 82.1 Å². The summed E-state index contributed by atoms with van der Waals surface area (Å²) in [6, 6.07) is 0. The first kappa shape index (κ1) is 20.2. The molecule has 0 unspecified atom stereocenters. The van der Waals surface area contributed by atoms with E-state index in [-0.39, 0.29) is 12.2 Å². The maximum atomic E-state index is 10.9. The summed E-state index contributed by atoms with van der Waals surface area (Å²) in [6.45, 7) is 14.5. The van der Waals surface area contributed by atoms with E-state index < -0.39 is 11.9 Å². The highest BCUT2D eigenvalue weighted by Crippen LogP contribution is 1.91. The minimum atomic E-state index is -0.935. The van der Waals surface area contributed by atoms with Crippen LogP contribution in [0, 0.1) is 0 Å². The average Bonchev–Trinajstić information content (AvgIpc) is 2.37. The third-order valence-corrected chi connectivity index (χ3v) is 1.64. The Hall–Kier alpha value is -2.08.